The van der Waals surface area contributed by atoms with Crippen LogP contribution >= 0.6 is 0 Å². The highest BCUT2D eigenvalue weighted by molar-refractivity contribution is 5.75. The van der Waals surface area contributed by atoms with Gasteiger partial charge < -0.3 is 14.7 Å². The van der Waals surface area contributed by atoms with E-state index in [-0.39, 0.29) is 11.4 Å². The smallest absolute Gasteiger partial charge is 0.423 e. The topological polar surface area (TPSA) is 123 Å². The number of halogens is 4. The number of nitro benzene ring substituents is 1. The summed E-state index contributed by atoms with van der Waals surface area (Å²) in [4.78, 5) is 13.2. The zero-order valence-electron chi connectivity index (χ0n) is 12.9. The molecule has 8 nitrogen and oxygen atoms in total. The van der Waals surface area contributed by atoms with Crippen LogP contribution in [0.1, 0.15) is 5.56 Å². The Labute approximate surface area is 146 Å². The highest BCUT2D eigenvalue weighted by Crippen LogP contribution is 2.50. The second-order valence-corrected chi connectivity index (χ2v) is 5.20. The molecule has 0 saturated carbocycles. The molecule has 0 aliphatic rings. The van der Waals surface area contributed by atoms with E-state index in [4.69, 9.17) is 4.52 Å². The van der Waals surface area contributed by atoms with Crippen molar-refractivity contribution in [1.29, 1.82) is 0 Å². The van der Waals surface area contributed by atoms with Crippen LogP contribution in [-0.4, -0.2) is 25.3 Å². The molecule has 1 aromatic heterocycles. The minimum absolute atomic E-state index is 0.206. The molecular formula is C15H7F4N3O5. The fourth-order valence-electron chi connectivity index (χ4n) is 2.33. The number of rotatable bonds is 3. The van der Waals surface area contributed by atoms with E-state index in [1.54, 1.807) is 0 Å². The van der Waals surface area contributed by atoms with E-state index in [9.17, 15) is 37.9 Å². The van der Waals surface area contributed by atoms with Crippen LogP contribution < -0.4 is 0 Å². The first-order chi connectivity index (χ1) is 12.6. The van der Waals surface area contributed by atoms with Gasteiger partial charge in [-0.3, -0.25) is 10.1 Å². The average Bonchev–Trinajstić information content (AvgIpc) is 3.06. The number of nitrogens with zero attached hydrogens (tertiary/aromatic N) is 3. The van der Waals surface area contributed by atoms with Gasteiger partial charge in [0, 0.05) is 5.56 Å². The van der Waals surface area contributed by atoms with Crippen molar-refractivity contribution in [2.45, 2.75) is 6.18 Å². The van der Waals surface area contributed by atoms with Crippen LogP contribution in [0, 0.1) is 15.9 Å². The molecule has 0 fully saturated rings. The Morgan fingerprint density at radius 2 is 1.78 bits per heavy atom. The van der Waals surface area contributed by atoms with Gasteiger partial charge in [-0.05, 0) is 30.3 Å². The Morgan fingerprint density at radius 3 is 2.33 bits per heavy atom. The molecule has 0 radical (unpaired) electrons. The molecule has 27 heavy (non-hydrogen) atoms. The number of hydrogen-bond acceptors (Lipinski definition) is 7. The van der Waals surface area contributed by atoms with Crippen LogP contribution in [0.5, 0.6) is 11.5 Å². The third-order valence-electron chi connectivity index (χ3n) is 3.48. The van der Waals surface area contributed by atoms with E-state index in [2.05, 4.69) is 10.1 Å². The minimum Gasteiger partial charge on any atom is -0.504 e. The maximum atomic E-state index is 13.4. The van der Waals surface area contributed by atoms with Gasteiger partial charge in [0.05, 0.1) is 10.5 Å². The molecular weight excluding hydrogens is 378 g/mol. The lowest BCUT2D eigenvalue weighted by atomic mass is 10.0. The Bertz CT molecular complexity index is 1030. The molecule has 1 heterocycles. The number of benzene rings is 2. The predicted molar refractivity (Wildman–Crippen MR) is 80.1 cm³/mol. The van der Waals surface area contributed by atoms with Gasteiger partial charge in [-0.25, -0.2) is 4.39 Å². The monoisotopic (exact) mass is 385 g/mol. The molecule has 0 aliphatic carbocycles. The lowest BCUT2D eigenvalue weighted by molar-refractivity contribution is -0.389. The molecule has 3 aromatic rings. The Morgan fingerprint density at radius 1 is 1.15 bits per heavy atom. The molecule has 140 valence electrons. The van der Waals surface area contributed by atoms with E-state index >= 15 is 0 Å². The molecule has 12 heteroatoms. The fourth-order valence-corrected chi connectivity index (χ4v) is 2.33. The lowest BCUT2D eigenvalue weighted by Gasteiger charge is -2.12. The van der Waals surface area contributed by atoms with Crippen LogP contribution in [-0.2, 0) is 6.18 Å². The summed E-state index contributed by atoms with van der Waals surface area (Å²) < 4.78 is 57.9. The molecule has 0 atom stereocenters. The number of alkyl halides is 3. The second kappa shape index (κ2) is 6.23. The van der Waals surface area contributed by atoms with Crippen molar-refractivity contribution < 1.29 is 37.2 Å². The number of aromatic nitrogens is 2. The zero-order chi connectivity index (χ0) is 19.9. The lowest BCUT2D eigenvalue weighted by Crippen LogP contribution is -2.11. The normalized spacial score (nSPS) is 11.6. The quantitative estimate of drug-likeness (QED) is 0.304. The van der Waals surface area contributed by atoms with Crippen LogP contribution in [0.25, 0.3) is 22.8 Å². The van der Waals surface area contributed by atoms with Gasteiger partial charge in [-0.15, -0.1) is 0 Å². The van der Waals surface area contributed by atoms with Crippen molar-refractivity contribution in [3.05, 3.63) is 51.8 Å². The van der Waals surface area contributed by atoms with E-state index < -0.39 is 51.1 Å². The summed E-state index contributed by atoms with van der Waals surface area (Å²) in [6, 6.07) is 5.03. The summed E-state index contributed by atoms with van der Waals surface area (Å²) in [5.41, 5.74) is -4.40. The highest BCUT2D eigenvalue weighted by atomic mass is 19.4. The van der Waals surface area contributed by atoms with E-state index in [1.165, 1.54) is 12.1 Å². The summed E-state index contributed by atoms with van der Waals surface area (Å²) in [6.45, 7) is 0. The van der Waals surface area contributed by atoms with Crippen LogP contribution in [0.3, 0.4) is 0 Å². The first kappa shape index (κ1) is 18.1. The van der Waals surface area contributed by atoms with Crippen LogP contribution in [0.15, 0.2) is 34.9 Å². The summed E-state index contributed by atoms with van der Waals surface area (Å²) in [5, 5.41) is 33.5. The second-order valence-electron chi connectivity index (χ2n) is 5.20. The zero-order valence-corrected chi connectivity index (χ0v) is 12.9. The number of phenolic OH excluding ortho intramolecular Hbond substituents is 2. The molecule has 0 amide bonds. The van der Waals surface area contributed by atoms with Crippen molar-refractivity contribution in [2.75, 3.05) is 0 Å². The largest absolute Gasteiger partial charge is 0.504 e. The van der Waals surface area contributed by atoms with Crippen LogP contribution in [0.2, 0.25) is 0 Å². The number of aromatic hydroxyl groups is 2. The maximum Gasteiger partial charge on any atom is 0.423 e. The van der Waals surface area contributed by atoms with Gasteiger partial charge in [0.2, 0.25) is 11.6 Å². The highest BCUT2D eigenvalue weighted by Gasteiger charge is 2.45. The van der Waals surface area contributed by atoms with Crippen LogP contribution in [0.4, 0.5) is 23.2 Å². The average molecular weight is 385 g/mol. The molecule has 2 N–H and O–H groups in total. The standard InChI is InChI=1S/C15H7F4N3O5/c16-7-3-1-6(2-4-7)13-20-14(27-21-13)8-5-9(23)12(24)11(22(25)26)10(8)15(17,18)19/h1-5,23-24H. The molecule has 0 spiro atoms. The van der Waals surface area contributed by atoms with Gasteiger partial charge in [0.25, 0.3) is 5.89 Å². The summed E-state index contributed by atoms with van der Waals surface area (Å²) in [5.74, 6) is -4.30. The molecule has 0 unspecified atom stereocenters. The van der Waals surface area contributed by atoms with Gasteiger partial charge in [-0.1, -0.05) is 5.16 Å². The fraction of sp³-hybridized carbons (Fsp3) is 0.0667. The number of phenols is 2. The summed E-state index contributed by atoms with van der Waals surface area (Å²) in [7, 11) is 0. The predicted octanol–water partition coefficient (Wildman–Crippen LogP) is 3.88. The SMILES string of the molecule is O=[N+]([O-])c1c(O)c(O)cc(-c2nc(-c3ccc(F)cc3)no2)c1C(F)(F)F. The number of nitro groups is 1. The van der Waals surface area contributed by atoms with Crippen molar-refractivity contribution in [2.24, 2.45) is 0 Å². The van der Waals surface area contributed by atoms with Crippen molar-refractivity contribution in [3.8, 4) is 34.3 Å². The minimum atomic E-state index is -5.28. The Balaban J connectivity index is 2.23. The molecule has 0 bridgehead atoms. The third-order valence-corrected chi connectivity index (χ3v) is 3.48. The number of hydrogen-bond donors (Lipinski definition) is 2. The van der Waals surface area contributed by atoms with E-state index in [0.29, 0.717) is 6.07 Å². The van der Waals surface area contributed by atoms with E-state index in [1.807, 2.05) is 0 Å². The third kappa shape index (κ3) is 3.23. The van der Waals surface area contributed by atoms with Gasteiger partial charge in [-0.2, -0.15) is 18.2 Å². The Hall–Kier alpha value is -3.70. The van der Waals surface area contributed by atoms with Crippen molar-refractivity contribution in [1.82, 2.24) is 10.1 Å². The van der Waals surface area contributed by atoms with Gasteiger partial charge in [0.15, 0.2) is 11.3 Å². The van der Waals surface area contributed by atoms with Crippen molar-refractivity contribution in [3.63, 3.8) is 0 Å². The van der Waals surface area contributed by atoms with Gasteiger partial charge in [0.1, 0.15) is 5.82 Å². The first-order valence-electron chi connectivity index (χ1n) is 7.00. The first-order valence-corrected chi connectivity index (χ1v) is 7.00. The molecule has 0 saturated heterocycles. The molecule has 3 rings (SSSR count). The maximum absolute atomic E-state index is 13.4. The molecule has 2 aromatic carbocycles. The molecule has 0 aliphatic heterocycles. The van der Waals surface area contributed by atoms with Gasteiger partial charge >= 0.3 is 11.9 Å². The van der Waals surface area contributed by atoms with E-state index in [0.717, 1.165) is 12.1 Å². The van der Waals surface area contributed by atoms with Crippen molar-refractivity contribution >= 4 is 5.69 Å². The Kier molecular flexibility index (Phi) is 4.18. The summed E-state index contributed by atoms with van der Waals surface area (Å²) in [6.07, 6.45) is -5.28. The summed E-state index contributed by atoms with van der Waals surface area (Å²) >= 11 is 0.